The van der Waals surface area contributed by atoms with E-state index in [1.165, 1.54) is 31.2 Å². The Kier molecular flexibility index (Phi) is 7.80. The number of ether oxygens (including phenoxy) is 2. The second-order valence-electron chi connectivity index (χ2n) is 6.13. The molecule has 7 heteroatoms. The van der Waals surface area contributed by atoms with Crippen molar-refractivity contribution in [1.82, 2.24) is 10.2 Å². The van der Waals surface area contributed by atoms with Crippen LogP contribution in [0, 0.1) is 5.82 Å². The molecule has 0 aliphatic heterocycles. The van der Waals surface area contributed by atoms with Gasteiger partial charge in [0.25, 0.3) is 5.91 Å². The van der Waals surface area contributed by atoms with E-state index in [4.69, 9.17) is 9.47 Å². The number of benzene rings is 2. The molecular weight excluding hydrogens is 363 g/mol. The maximum absolute atomic E-state index is 13.2. The van der Waals surface area contributed by atoms with Crippen molar-refractivity contribution >= 4 is 11.8 Å². The van der Waals surface area contributed by atoms with Crippen LogP contribution >= 0.6 is 0 Å². The summed E-state index contributed by atoms with van der Waals surface area (Å²) in [7, 11) is 3.04. The maximum atomic E-state index is 13.2. The van der Waals surface area contributed by atoms with Crippen LogP contribution in [0.15, 0.2) is 48.5 Å². The van der Waals surface area contributed by atoms with Crippen LogP contribution in [0.5, 0.6) is 11.5 Å². The van der Waals surface area contributed by atoms with Gasteiger partial charge in [0, 0.05) is 13.6 Å². The van der Waals surface area contributed by atoms with Crippen LogP contribution in [-0.2, 0) is 16.1 Å². The Morgan fingerprint density at radius 2 is 1.75 bits per heavy atom. The second kappa shape index (κ2) is 10.3. The fourth-order valence-corrected chi connectivity index (χ4v) is 2.83. The van der Waals surface area contributed by atoms with E-state index >= 15 is 0 Å². The van der Waals surface area contributed by atoms with Crippen LogP contribution in [0.25, 0.3) is 0 Å². The van der Waals surface area contributed by atoms with E-state index in [9.17, 15) is 14.0 Å². The van der Waals surface area contributed by atoms with Crippen molar-refractivity contribution in [2.45, 2.75) is 25.9 Å². The molecule has 2 aromatic rings. The predicted molar refractivity (Wildman–Crippen MR) is 104 cm³/mol. The van der Waals surface area contributed by atoms with Crippen molar-refractivity contribution in [1.29, 1.82) is 0 Å². The van der Waals surface area contributed by atoms with Crippen LogP contribution in [0.3, 0.4) is 0 Å². The summed E-state index contributed by atoms with van der Waals surface area (Å²) in [6.45, 7) is 1.74. The van der Waals surface area contributed by atoms with E-state index in [2.05, 4.69) is 5.32 Å². The van der Waals surface area contributed by atoms with E-state index in [1.807, 2.05) is 6.92 Å². The highest BCUT2D eigenvalue weighted by Crippen LogP contribution is 2.26. The predicted octanol–water partition coefficient (Wildman–Crippen LogP) is 2.77. The number of rotatable bonds is 9. The van der Waals surface area contributed by atoms with Crippen LogP contribution in [0.4, 0.5) is 4.39 Å². The molecule has 2 rings (SSSR count). The van der Waals surface area contributed by atoms with Gasteiger partial charge in [-0.1, -0.05) is 31.2 Å². The number of nitrogens with zero attached hydrogens (tertiary/aromatic N) is 1. The summed E-state index contributed by atoms with van der Waals surface area (Å²) in [6.07, 6.45) is 0.432. The molecule has 150 valence electrons. The summed E-state index contributed by atoms with van der Waals surface area (Å²) in [5, 5.41) is 2.58. The Morgan fingerprint density at radius 1 is 1.11 bits per heavy atom. The highest BCUT2D eigenvalue weighted by Gasteiger charge is 2.28. The Bertz CT molecular complexity index is 795. The molecule has 1 unspecified atom stereocenters. The molecule has 0 saturated carbocycles. The molecule has 0 aromatic heterocycles. The highest BCUT2D eigenvalue weighted by molar-refractivity contribution is 5.88. The normalized spacial score (nSPS) is 11.4. The number of halogens is 1. The van der Waals surface area contributed by atoms with Crippen molar-refractivity contribution < 1.29 is 23.5 Å². The van der Waals surface area contributed by atoms with Crippen LogP contribution in [0.1, 0.15) is 18.9 Å². The Balaban J connectivity index is 2.19. The van der Waals surface area contributed by atoms with Crippen LogP contribution in [0.2, 0.25) is 0 Å². The van der Waals surface area contributed by atoms with Gasteiger partial charge in [-0.2, -0.15) is 0 Å². The van der Waals surface area contributed by atoms with Gasteiger partial charge >= 0.3 is 0 Å². The average Bonchev–Trinajstić information content (AvgIpc) is 2.73. The molecule has 28 heavy (non-hydrogen) atoms. The number of amides is 2. The van der Waals surface area contributed by atoms with Gasteiger partial charge in [0.05, 0.1) is 7.11 Å². The molecule has 2 aromatic carbocycles. The minimum absolute atomic E-state index is 0.167. The molecule has 1 N–H and O–H groups in total. The summed E-state index contributed by atoms with van der Waals surface area (Å²) in [5.74, 6) is -0.0350. The van der Waals surface area contributed by atoms with Crippen LogP contribution < -0.4 is 14.8 Å². The Labute approximate surface area is 164 Å². The molecular formula is C21H25FN2O4. The number of carbonyl (C=O) groups is 2. The lowest BCUT2D eigenvalue weighted by atomic mass is 10.1. The smallest absolute Gasteiger partial charge is 0.261 e. The number of hydrogen-bond acceptors (Lipinski definition) is 4. The molecule has 0 bridgehead atoms. The molecule has 0 aliphatic rings. The lowest BCUT2D eigenvalue weighted by molar-refractivity contribution is -0.142. The molecule has 6 nitrogen and oxygen atoms in total. The van der Waals surface area contributed by atoms with Gasteiger partial charge in [-0.15, -0.1) is 0 Å². The molecule has 0 radical (unpaired) electrons. The first-order chi connectivity index (χ1) is 13.5. The molecule has 0 fully saturated rings. The molecule has 0 spiro atoms. The lowest BCUT2D eigenvalue weighted by Gasteiger charge is -2.30. The van der Waals surface area contributed by atoms with E-state index in [0.717, 1.165) is 5.56 Å². The average molecular weight is 388 g/mol. The molecule has 0 saturated heterocycles. The zero-order valence-corrected chi connectivity index (χ0v) is 16.3. The molecule has 0 aliphatic carbocycles. The number of para-hydroxylation sites is 2. The topological polar surface area (TPSA) is 67.9 Å². The summed E-state index contributed by atoms with van der Waals surface area (Å²) in [6, 6.07) is 12.2. The number of likely N-dealkylation sites (N-methyl/N-ethyl adjacent to an activating group) is 1. The number of methoxy groups -OCH3 is 1. The van der Waals surface area contributed by atoms with E-state index in [-0.39, 0.29) is 30.8 Å². The SMILES string of the molecule is CCC(C(=O)NC)N(Cc1ccc(F)cc1)C(=O)COc1ccccc1OC. The zero-order valence-electron chi connectivity index (χ0n) is 16.3. The van der Waals surface area contributed by atoms with Crippen molar-refractivity contribution in [2.24, 2.45) is 0 Å². The third-order valence-electron chi connectivity index (χ3n) is 4.32. The Morgan fingerprint density at radius 3 is 2.32 bits per heavy atom. The standard InChI is InChI=1S/C21H25FN2O4/c1-4-17(21(26)23-2)24(13-15-9-11-16(22)12-10-15)20(25)14-28-19-8-6-5-7-18(19)27-3/h5-12,17H,4,13-14H2,1-3H3,(H,23,26). The van der Waals surface area contributed by atoms with Gasteiger partial charge < -0.3 is 19.7 Å². The first kappa shape index (κ1) is 21.2. The van der Waals surface area contributed by atoms with E-state index in [0.29, 0.717) is 17.9 Å². The van der Waals surface area contributed by atoms with Crippen molar-refractivity contribution in [3.8, 4) is 11.5 Å². The highest BCUT2D eigenvalue weighted by atomic mass is 19.1. The fraction of sp³-hybridized carbons (Fsp3) is 0.333. The Hall–Kier alpha value is -3.09. The molecule has 0 heterocycles. The minimum atomic E-state index is -0.663. The number of nitrogens with one attached hydrogen (secondary N) is 1. The second-order valence-corrected chi connectivity index (χ2v) is 6.13. The third kappa shape index (κ3) is 5.45. The number of hydrogen-bond donors (Lipinski definition) is 1. The van der Waals surface area contributed by atoms with Crippen LogP contribution in [-0.4, -0.2) is 43.5 Å². The lowest BCUT2D eigenvalue weighted by Crippen LogP contribution is -2.49. The largest absolute Gasteiger partial charge is 0.493 e. The van der Waals surface area contributed by atoms with Crippen molar-refractivity contribution in [3.05, 3.63) is 59.9 Å². The van der Waals surface area contributed by atoms with E-state index < -0.39 is 6.04 Å². The quantitative estimate of drug-likeness (QED) is 0.717. The van der Waals surface area contributed by atoms with Gasteiger partial charge in [-0.05, 0) is 36.2 Å². The fourth-order valence-electron chi connectivity index (χ4n) is 2.83. The molecule has 2 amide bonds. The maximum Gasteiger partial charge on any atom is 0.261 e. The first-order valence-electron chi connectivity index (χ1n) is 9.01. The summed E-state index contributed by atoms with van der Waals surface area (Å²) in [5.41, 5.74) is 0.717. The summed E-state index contributed by atoms with van der Waals surface area (Å²) < 4.78 is 24.0. The molecule has 1 atom stereocenters. The van der Waals surface area contributed by atoms with Gasteiger partial charge in [0.2, 0.25) is 5.91 Å². The third-order valence-corrected chi connectivity index (χ3v) is 4.32. The van der Waals surface area contributed by atoms with Crippen molar-refractivity contribution in [2.75, 3.05) is 20.8 Å². The van der Waals surface area contributed by atoms with Gasteiger partial charge in [-0.3, -0.25) is 9.59 Å². The van der Waals surface area contributed by atoms with Gasteiger partial charge in [0.1, 0.15) is 11.9 Å². The zero-order chi connectivity index (χ0) is 20.5. The number of carbonyl (C=O) groups excluding carboxylic acids is 2. The first-order valence-corrected chi connectivity index (χ1v) is 9.01. The van der Waals surface area contributed by atoms with E-state index in [1.54, 1.807) is 36.4 Å². The van der Waals surface area contributed by atoms with Gasteiger partial charge in [0.15, 0.2) is 18.1 Å². The minimum Gasteiger partial charge on any atom is -0.493 e. The summed E-state index contributed by atoms with van der Waals surface area (Å²) >= 11 is 0. The van der Waals surface area contributed by atoms with Crippen molar-refractivity contribution in [3.63, 3.8) is 0 Å². The van der Waals surface area contributed by atoms with Gasteiger partial charge in [-0.25, -0.2) is 4.39 Å². The monoisotopic (exact) mass is 388 g/mol. The summed E-state index contributed by atoms with van der Waals surface area (Å²) in [4.78, 5) is 26.6.